The van der Waals surface area contributed by atoms with Crippen LogP contribution in [0.4, 0.5) is 5.69 Å². The van der Waals surface area contributed by atoms with E-state index in [1.54, 1.807) is 12.1 Å². The Bertz CT molecular complexity index is 1370. The first-order valence-electron chi connectivity index (χ1n) is 13.1. The average molecular weight is 499 g/mol. The van der Waals surface area contributed by atoms with Crippen molar-refractivity contribution in [2.24, 2.45) is 0 Å². The number of carbonyl (C=O) groups is 1. The minimum absolute atomic E-state index is 0.146. The molecule has 3 aliphatic rings. The van der Waals surface area contributed by atoms with Gasteiger partial charge in [0.25, 0.3) is 0 Å². The van der Waals surface area contributed by atoms with Gasteiger partial charge in [0.2, 0.25) is 0 Å². The Kier molecular flexibility index (Phi) is 7.44. The fourth-order valence-electron chi connectivity index (χ4n) is 5.07. The highest BCUT2D eigenvalue weighted by Gasteiger charge is 2.39. The topological polar surface area (TPSA) is 77.5 Å². The van der Waals surface area contributed by atoms with Crippen LogP contribution in [0.25, 0.3) is 17.4 Å². The van der Waals surface area contributed by atoms with Crippen LogP contribution in [-0.4, -0.2) is 17.6 Å². The minimum atomic E-state index is -0.729. The van der Waals surface area contributed by atoms with Crippen LogP contribution in [-0.2, 0) is 15.6 Å². The van der Waals surface area contributed by atoms with Crippen LogP contribution >= 0.6 is 0 Å². The van der Waals surface area contributed by atoms with Crippen LogP contribution in [0.2, 0.25) is 0 Å². The molecule has 0 unspecified atom stereocenters. The lowest BCUT2D eigenvalue weighted by Crippen LogP contribution is -2.27. The summed E-state index contributed by atoms with van der Waals surface area (Å²) in [5.41, 5.74) is 5.53. The molecule has 2 heterocycles. The molecule has 0 atom stereocenters. The Morgan fingerprint density at radius 3 is 2.57 bits per heavy atom. The second-order valence-electron chi connectivity index (χ2n) is 11.4. The van der Waals surface area contributed by atoms with E-state index in [1.807, 2.05) is 6.07 Å². The van der Waals surface area contributed by atoms with Crippen molar-refractivity contribution >= 4 is 17.7 Å². The van der Waals surface area contributed by atoms with E-state index in [0.717, 1.165) is 42.0 Å². The Morgan fingerprint density at radius 1 is 1.08 bits per heavy atom. The van der Waals surface area contributed by atoms with Gasteiger partial charge in [-0.2, -0.15) is 0 Å². The van der Waals surface area contributed by atoms with Gasteiger partial charge in [-0.25, -0.2) is 0 Å². The van der Waals surface area contributed by atoms with Crippen LogP contribution in [0, 0.1) is 5.41 Å². The molecule has 0 spiro atoms. The second-order valence-corrected chi connectivity index (χ2v) is 11.4. The number of hydrogen-bond donors (Lipinski definition) is 2. The van der Waals surface area contributed by atoms with E-state index in [-0.39, 0.29) is 17.3 Å². The lowest BCUT2D eigenvalue weighted by Gasteiger charge is -2.27. The van der Waals surface area contributed by atoms with Gasteiger partial charge in [-0.15, -0.1) is 0 Å². The highest BCUT2D eigenvalue weighted by molar-refractivity contribution is 5.75. The van der Waals surface area contributed by atoms with Gasteiger partial charge in [-0.05, 0) is 54.3 Å². The van der Waals surface area contributed by atoms with E-state index >= 15 is 0 Å². The zero-order valence-electron chi connectivity index (χ0n) is 22.6. The number of unbranched alkanes of at least 4 members (excludes halogenated alkanes) is 2. The first-order valence-corrected chi connectivity index (χ1v) is 13.1. The lowest BCUT2D eigenvalue weighted by atomic mass is 9.83. The molecule has 5 heteroatoms. The van der Waals surface area contributed by atoms with Crippen LogP contribution in [0.5, 0.6) is 0 Å². The standard InChI is InChI=1S/C32H38N2O3/c1-31(2,3)29-20-22(24-18-17-23(33)21-27(24)37-29)12-11-15-28-32(4,5)25-13-8-9-14-26(25)34(28)19-10-6-7-16-30(35)36/h8-9,11-15,17-18,20-21,33H,6-7,10,16,19H2,1-5H3,(H,35,36)/b12-11+,28-15+,33-23?. The predicted octanol–water partition coefficient (Wildman–Crippen LogP) is 7.50. The van der Waals surface area contributed by atoms with Gasteiger partial charge in [0, 0.05) is 46.8 Å². The Labute approximate surface area is 220 Å². The van der Waals surface area contributed by atoms with Gasteiger partial charge in [0.1, 0.15) is 11.5 Å². The zero-order chi connectivity index (χ0) is 26.8. The van der Waals surface area contributed by atoms with Gasteiger partial charge < -0.3 is 19.8 Å². The summed E-state index contributed by atoms with van der Waals surface area (Å²) in [6, 6.07) is 16.2. The maximum atomic E-state index is 10.9. The van der Waals surface area contributed by atoms with Crippen molar-refractivity contribution in [2.45, 2.75) is 71.1 Å². The van der Waals surface area contributed by atoms with Gasteiger partial charge in [0.15, 0.2) is 0 Å². The smallest absolute Gasteiger partial charge is 0.303 e. The zero-order valence-corrected chi connectivity index (χ0v) is 22.6. The summed E-state index contributed by atoms with van der Waals surface area (Å²) in [7, 11) is 0. The summed E-state index contributed by atoms with van der Waals surface area (Å²) >= 11 is 0. The van der Waals surface area contributed by atoms with E-state index in [2.05, 4.69) is 88.1 Å². The number of allylic oxidation sites excluding steroid dienone is 3. The predicted molar refractivity (Wildman–Crippen MR) is 150 cm³/mol. The Hall–Kier alpha value is -3.60. The quantitative estimate of drug-likeness (QED) is 0.315. The molecule has 0 saturated carbocycles. The maximum absolute atomic E-state index is 10.9. The van der Waals surface area contributed by atoms with Crippen LogP contribution < -0.4 is 10.3 Å². The molecular weight excluding hydrogens is 460 g/mol. The van der Waals surface area contributed by atoms with Crippen molar-refractivity contribution in [1.82, 2.24) is 0 Å². The number of carboxylic acid groups (broad SMARTS) is 1. The lowest BCUT2D eigenvalue weighted by molar-refractivity contribution is -0.137. The molecule has 37 heavy (non-hydrogen) atoms. The number of hydrogen-bond acceptors (Lipinski definition) is 4. The molecule has 194 valence electrons. The molecule has 1 aliphatic carbocycles. The summed E-state index contributed by atoms with van der Waals surface area (Å²) in [5.74, 6) is 0.881. The number of para-hydroxylation sites is 1. The summed E-state index contributed by atoms with van der Waals surface area (Å²) in [6.07, 6.45) is 9.22. The van der Waals surface area contributed by atoms with Crippen molar-refractivity contribution < 1.29 is 14.3 Å². The number of fused-ring (bicyclic) bond motifs is 2. The molecule has 0 radical (unpaired) electrons. The number of anilines is 1. The Morgan fingerprint density at radius 2 is 1.84 bits per heavy atom. The normalized spacial score (nSPS) is 16.1. The third-order valence-electron chi connectivity index (χ3n) is 7.14. The number of carboxylic acids is 1. The van der Waals surface area contributed by atoms with Gasteiger partial charge in [-0.1, -0.05) is 71.4 Å². The van der Waals surface area contributed by atoms with Crippen LogP contribution in [0.1, 0.15) is 77.2 Å². The molecule has 2 N–H and O–H groups in total. The molecular formula is C32H38N2O3. The molecule has 0 amide bonds. The third kappa shape index (κ3) is 5.71. The highest BCUT2D eigenvalue weighted by Crippen LogP contribution is 2.47. The van der Waals surface area contributed by atoms with Crippen molar-refractivity contribution in [3.8, 4) is 11.3 Å². The monoisotopic (exact) mass is 498 g/mol. The number of aliphatic carboxylic acids is 1. The van der Waals surface area contributed by atoms with Gasteiger partial charge >= 0.3 is 5.97 Å². The molecule has 1 aromatic carbocycles. The average Bonchev–Trinajstić information content (AvgIpc) is 3.04. The summed E-state index contributed by atoms with van der Waals surface area (Å²) in [4.78, 5) is 13.3. The molecule has 0 saturated heterocycles. The van der Waals surface area contributed by atoms with Crippen molar-refractivity contribution in [3.63, 3.8) is 0 Å². The number of nitrogens with zero attached hydrogens (tertiary/aromatic N) is 1. The van der Waals surface area contributed by atoms with Crippen LogP contribution in [0.3, 0.4) is 0 Å². The molecule has 2 aliphatic heterocycles. The fraction of sp³-hybridized carbons (Fsp3) is 0.375. The molecule has 5 nitrogen and oxygen atoms in total. The first kappa shape index (κ1) is 26.5. The van der Waals surface area contributed by atoms with E-state index < -0.39 is 5.97 Å². The van der Waals surface area contributed by atoms with Gasteiger partial charge in [0.05, 0.1) is 5.36 Å². The number of benzene rings is 2. The minimum Gasteiger partial charge on any atom is -0.481 e. The van der Waals surface area contributed by atoms with Gasteiger partial charge in [-0.3, -0.25) is 4.79 Å². The first-order chi connectivity index (χ1) is 17.5. The van der Waals surface area contributed by atoms with Crippen molar-refractivity contribution in [3.05, 3.63) is 88.6 Å². The molecule has 0 aromatic heterocycles. The molecule has 0 fully saturated rings. The largest absolute Gasteiger partial charge is 0.481 e. The molecule has 0 bridgehead atoms. The molecule has 4 rings (SSSR count). The van der Waals surface area contributed by atoms with Crippen molar-refractivity contribution in [2.75, 3.05) is 11.4 Å². The maximum Gasteiger partial charge on any atom is 0.303 e. The summed E-state index contributed by atoms with van der Waals surface area (Å²) < 4.78 is 6.18. The van der Waals surface area contributed by atoms with E-state index in [4.69, 9.17) is 14.9 Å². The third-order valence-corrected chi connectivity index (χ3v) is 7.14. The summed E-state index contributed by atoms with van der Waals surface area (Å²) in [5, 5.41) is 17.4. The number of rotatable bonds is 8. The van der Waals surface area contributed by atoms with E-state index in [0.29, 0.717) is 11.8 Å². The SMILES string of the molecule is CC(C)(C)c1cc(/C=C/C=C2/N(CCCCCC(=O)O)c3ccccc3C2(C)C)c2ccc(=N)cc-2o1. The van der Waals surface area contributed by atoms with Crippen LogP contribution in [0.15, 0.2) is 70.8 Å². The summed E-state index contributed by atoms with van der Waals surface area (Å²) in [6.45, 7) is 11.8. The highest BCUT2D eigenvalue weighted by atomic mass is 16.4. The van der Waals surface area contributed by atoms with E-state index in [1.165, 1.54) is 16.9 Å². The number of nitrogens with one attached hydrogen (secondary N) is 1. The van der Waals surface area contributed by atoms with Crippen molar-refractivity contribution in [1.29, 1.82) is 5.41 Å². The Balaban J connectivity index is 1.68. The fourth-order valence-corrected chi connectivity index (χ4v) is 5.07. The second kappa shape index (κ2) is 10.4. The molecule has 1 aromatic rings. The van der Waals surface area contributed by atoms with E-state index in [9.17, 15) is 4.79 Å².